The summed E-state index contributed by atoms with van der Waals surface area (Å²) in [5.41, 5.74) is -4.33. The first-order chi connectivity index (χ1) is 9.20. The number of hydrogen-bond donors (Lipinski definition) is 0. The van der Waals surface area contributed by atoms with Gasteiger partial charge in [0, 0.05) is 5.56 Å². The molecule has 0 saturated carbocycles. The molecule has 0 saturated heterocycles. The number of methoxy groups -OCH3 is 1. The van der Waals surface area contributed by atoms with Gasteiger partial charge in [0.05, 0.1) is 25.2 Å². The third kappa shape index (κ3) is 3.40. The molecule has 20 heavy (non-hydrogen) atoms. The fraction of sp³-hybridized carbons (Fsp3) is 0.364. The van der Waals surface area contributed by atoms with Crippen LogP contribution >= 0.6 is 0 Å². The van der Waals surface area contributed by atoms with Crippen molar-refractivity contribution >= 4 is 5.97 Å². The highest BCUT2D eigenvalue weighted by Gasteiger charge is 2.38. The molecule has 0 fully saturated rings. The molecule has 108 valence electrons. The van der Waals surface area contributed by atoms with E-state index >= 15 is 0 Å². The molecular formula is C11H7F5N2O2. The van der Waals surface area contributed by atoms with E-state index < -0.39 is 47.5 Å². The number of pyridine rings is 1. The van der Waals surface area contributed by atoms with Crippen LogP contribution in [0.15, 0.2) is 6.07 Å². The summed E-state index contributed by atoms with van der Waals surface area (Å²) in [6, 6.07) is 1.88. The average Bonchev–Trinajstić information content (AvgIpc) is 2.36. The molecule has 0 aliphatic rings. The Labute approximate surface area is 109 Å². The van der Waals surface area contributed by atoms with E-state index in [1.165, 1.54) is 6.07 Å². The number of rotatable bonds is 3. The fourth-order valence-corrected chi connectivity index (χ4v) is 1.43. The van der Waals surface area contributed by atoms with Crippen molar-refractivity contribution in [2.24, 2.45) is 0 Å². The zero-order valence-corrected chi connectivity index (χ0v) is 9.96. The van der Waals surface area contributed by atoms with E-state index in [1.54, 1.807) is 0 Å². The summed E-state index contributed by atoms with van der Waals surface area (Å²) in [7, 11) is 0.947. The summed E-state index contributed by atoms with van der Waals surface area (Å²) >= 11 is 0. The minimum atomic E-state index is -5.07. The lowest BCUT2D eigenvalue weighted by molar-refractivity contribution is -0.143. The number of aromatic nitrogens is 1. The van der Waals surface area contributed by atoms with Crippen LogP contribution in [0.25, 0.3) is 0 Å². The first-order valence-electron chi connectivity index (χ1n) is 5.06. The molecule has 0 radical (unpaired) electrons. The van der Waals surface area contributed by atoms with Gasteiger partial charge in [-0.15, -0.1) is 0 Å². The summed E-state index contributed by atoms with van der Waals surface area (Å²) < 4.78 is 67.6. The molecule has 0 aliphatic heterocycles. The van der Waals surface area contributed by atoms with Gasteiger partial charge >= 0.3 is 12.1 Å². The van der Waals surface area contributed by atoms with E-state index in [1.807, 2.05) is 0 Å². The Kier molecular flexibility index (Phi) is 4.60. The molecule has 0 aromatic carbocycles. The van der Waals surface area contributed by atoms with Crippen molar-refractivity contribution < 1.29 is 31.5 Å². The van der Waals surface area contributed by atoms with E-state index in [4.69, 9.17) is 5.26 Å². The van der Waals surface area contributed by atoms with Gasteiger partial charge in [-0.25, -0.2) is 13.8 Å². The molecule has 0 bridgehead atoms. The number of esters is 1. The molecular weight excluding hydrogens is 287 g/mol. The SMILES string of the molecule is COC(=O)Cc1c(C#N)cc(C(F)F)nc1C(F)(F)F. The van der Waals surface area contributed by atoms with Crippen molar-refractivity contribution in [2.75, 3.05) is 7.11 Å². The maximum absolute atomic E-state index is 12.8. The van der Waals surface area contributed by atoms with Crippen molar-refractivity contribution in [1.29, 1.82) is 5.26 Å². The average molecular weight is 294 g/mol. The third-order valence-corrected chi connectivity index (χ3v) is 2.31. The molecule has 9 heteroatoms. The molecule has 0 aliphatic carbocycles. The fourth-order valence-electron chi connectivity index (χ4n) is 1.43. The van der Waals surface area contributed by atoms with Crippen LogP contribution in [0.4, 0.5) is 22.0 Å². The smallest absolute Gasteiger partial charge is 0.433 e. The summed E-state index contributed by atoms with van der Waals surface area (Å²) in [5, 5.41) is 8.76. The second-order valence-corrected chi connectivity index (χ2v) is 3.59. The number of alkyl halides is 5. The van der Waals surface area contributed by atoms with E-state index in [0.717, 1.165) is 7.11 Å². The number of carbonyl (C=O) groups is 1. The molecule has 1 rings (SSSR count). The molecule has 1 heterocycles. The number of halogens is 5. The summed E-state index contributed by atoms with van der Waals surface area (Å²) in [5.74, 6) is -1.04. The topological polar surface area (TPSA) is 63.0 Å². The molecule has 0 unspecified atom stereocenters. The molecule has 4 nitrogen and oxygen atoms in total. The molecule has 0 amide bonds. The first-order valence-corrected chi connectivity index (χ1v) is 5.06. The Morgan fingerprint density at radius 1 is 1.50 bits per heavy atom. The minimum Gasteiger partial charge on any atom is -0.469 e. The Morgan fingerprint density at radius 2 is 2.10 bits per heavy atom. The number of ether oxygens (including phenoxy) is 1. The Hall–Kier alpha value is -2.24. The van der Waals surface area contributed by atoms with Gasteiger partial charge in [0.15, 0.2) is 0 Å². The highest BCUT2D eigenvalue weighted by Crippen LogP contribution is 2.34. The van der Waals surface area contributed by atoms with Gasteiger partial charge in [-0.2, -0.15) is 18.4 Å². The highest BCUT2D eigenvalue weighted by molar-refractivity contribution is 5.74. The van der Waals surface area contributed by atoms with Crippen molar-refractivity contribution in [1.82, 2.24) is 4.98 Å². The zero-order valence-electron chi connectivity index (χ0n) is 9.96. The van der Waals surface area contributed by atoms with Gasteiger partial charge in [-0.1, -0.05) is 0 Å². The van der Waals surface area contributed by atoms with Crippen LogP contribution in [-0.4, -0.2) is 18.1 Å². The number of hydrogen-bond acceptors (Lipinski definition) is 4. The molecule has 1 aromatic heterocycles. The van der Waals surface area contributed by atoms with Gasteiger partial charge in [0.25, 0.3) is 6.43 Å². The second kappa shape index (κ2) is 5.81. The van der Waals surface area contributed by atoms with Crippen molar-refractivity contribution in [3.05, 3.63) is 28.6 Å². The van der Waals surface area contributed by atoms with E-state index in [9.17, 15) is 26.7 Å². The minimum absolute atomic E-state index is 0.526. The maximum Gasteiger partial charge on any atom is 0.433 e. The van der Waals surface area contributed by atoms with Crippen LogP contribution in [0.2, 0.25) is 0 Å². The molecule has 0 spiro atoms. The van der Waals surface area contributed by atoms with E-state index in [-0.39, 0.29) is 0 Å². The normalized spacial score (nSPS) is 11.3. The van der Waals surface area contributed by atoms with Crippen LogP contribution in [0.3, 0.4) is 0 Å². The van der Waals surface area contributed by atoms with Crippen molar-refractivity contribution in [2.45, 2.75) is 19.0 Å². The lowest BCUT2D eigenvalue weighted by atomic mass is 10.0. The van der Waals surface area contributed by atoms with Gasteiger partial charge < -0.3 is 4.74 Å². The predicted octanol–water partition coefficient (Wildman–Crippen LogP) is 2.63. The maximum atomic E-state index is 12.8. The zero-order chi connectivity index (χ0) is 15.5. The molecule has 0 atom stereocenters. The lowest BCUT2D eigenvalue weighted by Gasteiger charge is -2.14. The van der Waals surface area contributed by atoms with E-state index in [0.29, 0.717) is 6.07 Å². The van der Waals surface area contributed by atoms with Crippen molar-refractivity contribution in [3.8, 4) is 6.07 Å². The van der Waals surface area contributed by atoms with Crippen molar-refractivity contribution in [3.63, 3.8) is 0 Å². The van der Waals surface area contributed by atoms with Gasteiger partial charge in [0.2, 0.25) is 0 Å². The van der Waals surface area contributed by atoms with E-state index in [2.05, 4.69) is 9.72 Å². The number of carbonyl (C=O) groups excluding carboxylic acids is 1. The number of nitriles is 1. The molecule has 0 N–H and O–H groups in total. The summed E-state index contributed by atoms with van der Waals surface area (Å²) in [4.78, 5) is 13.9. The Balaban J connectivity index is 3.53. The monoisotopic (exact) mass is 294 g/mol. The Morgan fingerprint density at radius 3 is 2.50 bits per heavy atom. The number of nitrogens with zero attached hydrogens (tertiary/aromatic N) is 2. The third-order valence-electron chi connectivity index (χ3n) is 2.31. The first kappa shape index (κ1) is 15.8. The van der Waals surface area contributed by atoms with Gasteiger partial charge in [0.1, 0.15) is 11.4 Å². The summed E-state index contributed by atoms with van der Waals surface area (Å²) in [6.07, 6.45) is -9.22. The molecule has 1 aromatic rings. The van der Waals surface area contributed by atoms with Gasteiger partial charge in [-0.3, -0.25) is 4.79 Å². The van der Waals surface area contributed by atoms with Crippen LogP contribution in [-0.2, 0) is 22.1 Å². The van der Waals surface area contributed by atoms with Crippen LogP contribution in [0.5, 0.6) is 0 Å². The predicted molar refractivity (Wildman–Crippen MR) is 54.6 cm³/mol. The summed E-state index contributed by atoms with van der Waals surface area (Å²) in [6.45, 7) is 0. The van der Waals surface area contributed by atoms with Crippen LogP contribution < -0.4 is 0 Å². The van der Waals surface area contributed by atoms with Crippen LogP contribution in [0, 0.1) is 11.3 Å². The van der Waals surface area contributed by atoms with Gasteiger partial charge in [-0.05, 0) is 6.07 Å². The van der Waals surface area contributed by atoms with Crippen LogP contribution in [0.1, 0.15) is 28.9 Å². The lowest BCUT2D eigenvalue weighted by Crippen LogP contribution is -2.18. The standard InChI is InChI=1S/C11H7F5N2O2/c1-20-8(19)3-6-5(4-17)2-7(10(12)13)18-9(6)11(14,15)16/h2,10H,3H2,1H3. The largest absolute Gasteiger partial charge is 0.469 e. The second-order valence-electron chi connectivity index (χ2n) is 3.59. The Bertz CT molecular complexity index is 563. The highest BCUT2D eigenvalue weighted by atomic mass is 19.4. The quantitative estimate of drug-likeness (QED) is 0.635.